The summed E-state index contributed by atoms with van der Waals surface area (Å²) < 4.78 is 39.6. The molecular formula is C21H23F3. The van der Waals surface area contributed by atoms with Gasteiger partial charge in [-0.25, -0.2) is 13.2 Å². The average Bonchev–Trinajstić information content (AvgIpc) is 2.60. The highest BCUT2D eigenvalue weighted by molar-refractivity contribution is 5.31. The molecule has 1 saturated carbocycles. The molecule has 0 aromatic heterocycles. The van der Waals surface area contributed by atoms with E-state index >= 15 is 0 Å². The minimum Gasteiger partial charge on any atom is -0.204 e. The molecule has 0 unspecified atom stereocenters. The van der Waals surface area contributed by atoms with Crippen molar-refractivity contribution in [1.29, 1.82) is 0 Å². The van der Waals surface area contributed by atoms with Gasteiger partial charge in [0, 0.05) is 0 Å². The summed E-state index contributed by atoms with van der Waals surface area (Å²) in [5.41, 5.74) is 2.78. The maximum atomic E-state index is 13.3. The summed E-state index contributed by atoms with van der Waals surface area (Å²) in [5, 5.41) is 0. The Morgan fingerprint density at radius 2 is 1.42 bits per heavy atom. The number of hydrogen-bond donors (Lipinski definition) is 0. The van der Waals surface area contributed by atoms with Crippen LogP contribution in [0.2, 0.25) is 0 Å². The molecule has 1 aliphatic carbocycles. The van der Waals surface area contributed by atoms with Crippen LogP contribution in [0.3, 0.4) is 0 Å². The van der Waals surface area contributed by atoms with Crippen molar-refractivity contribution < 1.29 is 13.2 Å². The lowest BCUT2D eigenvalue weighted by Crippen LogP contribution is -2.12. The smallest absolute Gasteiger partial charge is 0.194 e. The molecule has 0 N–H and O–H groups in total. The standard InChI is InChI=1S/C21H23F3/c1-2-14-3-7-17(8-4-14)18-9-5-15(6-10-18)11-16-12-19(22)21(24)20(23)13-16/h5-6,9-10,12-14,17H,2-4,7-8,11H2,1H3. The van der Waals surface area contributed by atoms with E-state index in [1.54, 1.807) is 0 Å². The van der Waals surface area contributed by atoms with Crippen molar-refractivity contribution in [1.82, 2.24) is 0 Å². The SMILES string of the molecule is CCC1CCC(c2ccc(Cc3cc(F)c(F)c(F)c3)cc2)CC1. The van der Waals surface area contributed by atoms with E-state index in [1.807, 2.05) is 12.1 Å². The quantitative estimate of drug-likeness (QED) is 0.570. The highest BCUT2D eigenvalue weighted by Crippen LogP contribution is 2.37. The van der Waals surface area contributed by atoms with Gasteiger partial charge in [-0.1, -0.05) is 37.6 Å². The second-order valence-electron chi connectivity index (χ2n) is 6.92. The molecule has 0 bridgehead atoms. The first-order valence-corrected chi connectivity index (χ1v) is 8.79. The van der Waals surface area contributed by atoms with Crippen molar-refractivity contribution in [2.24, 2.45) is 5.92 Å². The van der Waals surface area contributed by atoms with Crippen molar-refractivity contribution >= 4 is 0 Å². The van der Waals surface area contributed by atoms with Gasteiger partial charge in [0.05, 0.1) is 0 Å². The Balaban J connectivity index is 1.67. The topological polar surface area (TPSA) is 0 Å². The van der Waals surface area contributed by atoms with Crippen LogP contribution < -0.4 is 0 Å². The van der Waals surface area contributed by atoms with Gasteiger partial charge in [0.15, 0.2) is 17.5 Å². The molecule has 0 radical (unpaired) electrons. The Morgan fingerprint density at radius 1 is 0.833 bits per heavy atom. The normalized spacial score (nSPS) is 21.0. The highest BCUT2D eigenvalue weighted by Gasteiger charge is 2.21. The van der Waals surface area contributed by atoms with Gasteiger partial charge in [-0.05, 0) is 72.8 Å². The fraction of sp³-hybridized carbons (Fsp3) is 0.429. The van der Waals surface area contributed by atoms with Gasteiger partial charge in [-0.15, -0.1) is 0 Å². The fourth-order valence-electron chi connectivity index (χ4n) is 3.76. The lowest BCUT2D eigenvalue weighted by Gasteiger charge is -2.28. The lowest BCUT2D eigenvalue weighted by molar-refractivity contribution is 0.319. The third-order valence-corrected chi connectivity index (χ3v) is 5.33. The van der Waals surface area contributed by atoms with Crippen LogP contribution in [0, 0.1) is 23.4 Å². The van der Waals surface area contributed by atoms with Gasteiger partial charge in [-0.3, -0.25) is 0 Å². The Bertz CT molecular complexity index is 660. The summed E-state index contributed by atoms with van der Waals surface area (Å²) >= 11 is 0. The van der Waals surface area contributed by atoms with Crippen LogP contribution in [0.1, 0.15) is 61.6 Å². The molecule has 0 saturated heterocycles. The number of hydrogen-bond acceptors (Lipinski definition) is 0. The van der Waals surface area contributed by atoms with Crippen molar-refractivity contribution in [3.63, 3.8) is 0 Å². The molecule has 0 atom stereocenters. The van der Waals surface area contributed by atoms with Crippen LogP contribution in [0.4, 0.5) is 13.2 Å². The minimum absolute atomic E-state index is 0.400. The molecule has 1 aliphatic rings. The molecule has 24 heavy (non-hydrogen) atoms. The van der Waals surface area contributed by atoms with Crippen LogP contribution in [0.25, 0.3) is 0 Å². The second-order valence-corrected chi connectivity index (χ2v) is 6.92. The van der Waals surface area contributed by atoms with E-state index in [2.05, 4.69) is 19.1 Å². The van der Waals surface area contributed by atoms with E-state index in [0.717, 1.165) is 23.6 Å². The molecule has 0 spiro atoms. The second kappa shape index (κ2) is 7.42. The Morgan fingerprint density at radius 3 is 1.96 bits per heavy atom. The molecule has 1 fully saturated rings. The predicted molar refractivity (Wildman–Crippen MR) is 90.6 cm³/mol. The Labute approximate surface area is 141 Å². The summed E-state index contributed by atoms with van der Waals surface area (Å²) in [6.45, 7) is 2.26. The third kappa shape index (κ3) is 3.82. The summed E-state index contributed by atoms with van der Waals surface area (Å²) in [4.78, 5) is 0. The zero-order valence-electron chi connectivity index (χ0n) is 14.0. The Kier molecular flexibility index (Phi) is 5.27. The van der Waals surface area contributed by atoms with E-state index in [9.17, 15) is 13.2 Å². The van der Waals surface area contributed by atoms with Crippen LogP contribution in [0.15, 0.2) is 36.4 Å². The molecular weight excluding hydrogens is 309 g/mol. The van der Waals surface area contributed by atoms with E-state index in [-0.39, 0.29) is 0 Å². The first-order valence-electron chi connectivity index (χ1n) is 8.79. The summed E-state index contributed by atoms with van der Waals surface area (Å²) in [7, 11) is 0. The van der Waals surface area contributed by atoms with Gasteiger partial charge in [0.25, 0.3) is 0 Å². The van der Waals surface area contributed by atoms with Gasteiger partial charge in [0.2, 0.25) is 0 Å². The lowest BCUT2D eigenvalue weighted by atomic mass is 9.78. The first-order chi connectivity index (χ1) is 11.6. The van der Waals surface area contributed by atoms with E-state index in [1.165, 1.54) is 37.7 Å². The third-order valence-electron chi connectivity index (χ3n) is 5.33. The number of halogens is 3. The molecule has 0 amide bonds. The van der Waals surface area contributed by atoms with Crippen molar-refractivity contribution in [3.8, 4) is 0 Å². The highest BCUT2D eigenvalue weighted by atomic mass is 19.2. The molecule has 2 aromatic rings. The molecule has 0 nitrogen and oxygen atoms in total. The first kappa shape index (κ1) is 17.1. The summed E-state index contributed by atoms with van der Waals surface area (Å²) in [6, 6.07) is 10.4. The maximum Gasteiger partial charge on any atom is 0.194 e. The summed E-state index contributed by atoms with van der Waals surface area (Å²) in [6.07, 6.45) is 6.76. The average molecular weight is 332 g/mol. The molecule has 128 valence electrons. The van der Waals surface area contributed by atoms with Gasteiger partial charge < -0.3 is 0 Å². The molecule has 2 aromatic carbocycles. The zero-order valence-corrected chi connectivity index (χ0v) is 14.0. The molecule has 0 heterocycles. The summed E-state index contributed by atoms with van der Waals surface area (Å²) in [5.74, 6) is -2.16. The van der Waals surface area contributed by atoms with E-state index in [0.29, 0.717) is 17.9 Å². The van der Waals surface area contributed by atoms with Crippen LogP contribution >= 0.6 is 0 Å². The van der Waals surface area contributed by atoms with Crippen LogP contribution in [-0.4, -0.2) is 0 Å². The van der Waals surface area contributed by atoms with Crippen molar-refractivity contribution in [2.45, 2.75) is 51.4 Å². The van der Waals surface area contributed by atoms with Crippen molar-refractivity contribution in [3.05, 3.63) is 70.5 Å². The maximum absolute atomic E-state index is 13.3. The Hall–Kier alpha value is -1.77. The van der Waals surface area contributed by atoms with Crippen molar-refractivity contribution in [2.75, 3.05) is 0 Å². The zero-order chi connectivity index (χ0) is 17.1. The molecule has 3 heteroatoms. The molecule has 0 aliphatic heterocycles. The van der Waals surface area contributed by atoms with E-state index < -0.39 is 17.5 Å². The van der Waals surface area contributed by atoms with Gasteiger partial charge in [-0.2, -0.15) is 0 Å². The number of benzene rings is 2. The van der Waals surface area contributed by atoms with Gasteiger partial charge >= 0.3 is 0 Å². The monoisotopic (exact) mass is 332 g/mol. The predicted octanol–water partition coefficient (Wildman–Crippen LogP) is 6.38. The van der Waals surface area contributed by atoms with Crippen LogP contribution in [-0.2, 0) is 6.42 Å². The molecule has 3 rings (SSSR count). The number of rotatable bonds is 4. The van der Waals surface area contributed by atoms with Crippen LogP contribution in [0.5, 0.6) is 0 Å². The fourth-order valence-corrected chi connectivity index (χ4v) is 3.76. The largest absolute Gasteiger partial charge is 0.204 e. The van der Waals surface area contributed by atoms with E-state index in [4.69, 9.17) is 0 Å². The van der Waals surface area contributed by atoms with Gasteiger partial charge in [0.1, 0.15) is 0 Å². The minimum atomic E-state index is -1.41.